The first-order valence-corrected chi connectivity index (χ1v) is 10.9. The minimum atomic E-state index is -5.46. The third-order valence-electron chi connectivity index (χ3n) is 6.45. The number of rotatable bonds is 6. The molecule has 0 aliphatic heterocycles. The summed E-state index contributed by atoms with van der Waals surface area (Å²) in [6.07, 6.45) is -11.3. The highest BCUT2D eigenvalue weighted by atomic mass is 19.4. The Hall–Kier alpha value is -3.41. The second-order valence-corrected chi connectivity index (χ2v) is 8.89. The number of aliphatic hydroxyl groups is 1. The number of hydrogen-bond donors (Lipinski definition) is 2. The van der Waals surface area contributed by atoms with Crippen LogP contribution in [0.1, 0.15) is 42.6 Å². The van der Waals surface area contributed by atoms with Crippen LogP contribution in [0.5, 0.6) is 0 Å². The summed E-state index contributed by atoms with van der Waals surface area (Å²) in [5.74, 6) is -1.42. The van der Waals surface area contributed by atoms with Crippen molar-refractivity contribution in [2.45, 2.75) is 56.0 Å². The smallest absolute Gasteiger partial charge is 0.373 e. The minimum absolute atomic E-state index is 0.0439. The van der Waals surface area contributed by atoms with E-state index in [9.17, 15) is 36.2 Å². The van der Waals surface area contributed by atoms with Crippen molar-refractivity contribution in [3.63, 3.8) is 0 Å². The Bertz CT molecular complexity index is 1270. The first-order chi connectivity index (χ1) is 16.8. The van der Waals surface area contributed by atoms with Gasteiger partial charge in [-0.2, -0.15) is 31.3 Å². The maximum Gasteiger partial charge on any atom is 0.426 e. The van der Waals surface area contributed by atoms with E-state index in [0.717, 1.165) is 18.2 Å². The molecule has 1 aromatic heterocycles. The fourth-order valence-corrected chi connectivity index (χ4v) is 4.52. The molecule has 1 aliphatic carbocycles. The average molecular weight is 513 g/mol. The Balaban J connectivity index is 1.68. The number of carbonyl (C=O) groups is 1. The van der Waals surface area contributed by atoms with Crippen molar-refractivity contribution in [1.82, 2.24) is 10.1 Å². The van der Waals surface area contributed by atoms with E-state index in [-0.39, 0.29) is 30.0 Å². The number of nitrogens with zero attached hydrogens (tertiary/aromatic N) is 2. The first-order valence-electron chi connectivity index (χ1n) is 10.9. The van der Waals surface area contributed by atoms with Crippen molar-refractivity contribution in [3.8, 4) is 11.5 Å². The zero-order chi connectivity index (χ0) is 26.4. The van der Waals surface area contributed by atoms with E-state index in [1.807, 2.05) is 0 Å². The van der Waals surface area contributed by atoms with Crippen molar-refractivity contribution in [2.75, 3.05) is 5.32 Å². The predicted octanol–water partition coefficient (Wildman–Crippen LogP) is 5.81. The first kappa shape index (κ1) is 25.7. The maximum absolute atomic E-state index is 14.2. The number of halogens is 6. The highest BCUT2D eigenvalue weighted by molar-refractivity contribution is 5.98. The monoisotopic (exact) mass is 513 g/mol. The molecule has 1 saturated carbocycles. The Kier molecular flexibility index (Phi) is 6.36. The quantitative estimate of drug-likeness (QED) is 0.407. The molecule has 1 heterocycles. The summed E-state index contributed by atoms with van der Waals surface area (Å²) in [6.45, 7) is 1.56. The van der Waals surface area contributed by atoms with Gasteiger partial charge in [0.2, 0.25) is 5.60 Å². The molecule has 1 amide bonds. The number of nitrogens with one attached hydrogen (secondary N) is 1. The Morgan fingerprint density at radius 2 is 1.78 bits per heavy atom. The van der Waals surface area contributed by atoms with Gasteiger partial charge in [0.15, 0.2) is 5.82 Å². The van der Waals surface area contributed by atoms with Crippen molar-refractivity contribution in [3.05, 3.63) is 65.5 Å². The maximum atomic E-state index is 14.2. The molecule has 1 aliphatic rings. The fourth-order valence-electron chi connectivity index (χ4n) is 4.52. The standard InChI is InChI=1S/C24H21F6N3O3/c1-14-31-19(36-33-14)15-6-4-7-16(12-15)32-20(34)22(35,24(28,29)30)13-21(10-5-11-21)17-8-2-3-9-18(17)23(25,26)27/h2-4,6-9,12,35H,5,10-11,13H2,1H3,(H,32,34). The topological polar surface area (TPSA) is 88.2 Å². The number of carbonyl (C=O) groups excluding carboxylic acids is 1. The van der Waals surface area contributed by atoms with Gasteiger partial charge in [0.1, 0.15) is 0 Å². The summed E-state index contributed by atoms with van der Waals surface area (Å²) < 4.78 is 88.5. The summed E-state index contributed by atoms with van der Waals surface area (Å²) >= 11 is 0. The molecule has 1 fully saturated rings. The van der Waals surface area contributed by atoms with E-state index in [1.165, 1.54) is 30.3 Å². The zero-order valence-electron chi connectivity index (χ0n) is 18.9. The molecule has 0 bridgehead atoms. The lowest BCUT2D eigenvalue weighted by molar-refractivity contribution is -0.257. The van der Waals surface area contributed by atoms with Crippen molar-refractivity contribution < 1.29 is 40.8 Å². The Labute approximate surface area is 201 Å². The van der Waals surface area contributed by atoms with E-state index in [4.69, 9.17) is 4.52 Å². The molecule has 2 aromatic carbocycles. The molecule has 12 heteroatoms. The number of anilines is 1. The third-order valence-corrected chi connectivity index (χ3v) is 6.45. The summed E-state index contributed by atoms with van der Waals surface area (Å²) in [5.41, 5.74) is -6.89. The molecular formula is C24H21F6N3O3. The van der Waals surface area contributed by atoms with Gasteiger partial charge in [0.25, 0.3) is 11.8 Å². The molecule has 0 saturated heterocycles. The van der Waals surface area contributed by atoms with Crippen LogP contribution in [-0.2, 0) is 16.4 Å². The van der Waals surface area contributed by atoms with E-state index in [0.29, 0.717) is 17.8 Å². The lowest BCUT2D eigenvalue weighted by Gasteiger charge is -2.47. The Morgan fingerprint density at radius 3 is 2.33 bits per heavy atom. The van der Waals surface area contributed by atoms with Crippen molar-refractivity contribution >= 4 is 11.6 Å². The largest absolute Gasteiger partial charge is 0.426 e. The van der Waals surface area contributed by atoms with Crippen molar-refractivity contribution in [1.29, 1.82) is 0 Å². The lowest BCUT2D eigenvalue weighted by atomic mass is 9.58. The summed E-state index contributed by atoms with van der Waals surface area (Å²) in [5, 5.41) is 16.4. The van der Waals surface area contributed by atoms with Crippen LogP contribution in [0.4, 0.5) is 32.0 Å². The van der Waals surface area contributed by atoms with Gasteiger partial charge >= 0.3 is 12.4 Å². The molecule has 192 valence electrons. The van der Waals surface area contributed by atoms with Gasteiger partial charge in [-0.15, -0.1) is 0 Å². The molecule has 1 unspecified atom stereocenters. The van der Waals surface area contributed by atoms with Crippen LogP contribution in [0.3, 0.4) is 0 Å². The second-order valence-electron chi connectivity index (χ2n) is 8.89. The van der Waals surface area contributed by atoms with Crippen LogP contribution in [-0.4, -0.2) is 32.9 Å². The van der Waals surface area contributed by atoms with E-state index >= 15 is 0 Å². The predicted molar refractivity (Wildman–Crippen MR) is 116 cm³/mol. The Morgan fingerprint density at radius 1 is 1.08 bits per heavy atom. The molecule has 1 atom stereocenters. The molecule has 36 heavy (non-hydrogen) atoms. The fraction of sp³-hybridized carbons (Fsp3) is 0.375. The van der Waals surface area contributed by atoms with E-state index in [2.05, 4.69) is 15.5 Å². The molecule has 6 nitrogen and oxygen atoms in total. The third kappa shape index (κ3) is 4.69. The van der Waals surface area contributed by atoms with Crippen LogP contribution in [0.25, 0.3) is 11.5 Å². The van der Waals surface area contributed by atoms with Crippen molar-refractivity contribution in [2.24, 2.45) is 0 Å². The van der Waals surface area contributed by atoms with Gasteiger partial charge in [0, 0.05) is 17.7 Å². The van der Waals surface area contributed by atoms with Crippen LogP contribution in [0.15, 0.2) is 53.1 Å². The zero-order valence-corrected chi connectivity index (χ0v) is 18.9. The number of aromatic nitrogens is 2. The van der Waals surface area contributed by atoms with E-state index in [1.54, 1.807) is 6.92 Å². The van der Waals surface area contributed by atoms with Crippen LogP contribution < -0.4 is 5.32 Å². The molecule has 0 spiro atoms. The van der Waals surface area contributed by atoms with Gasteiger partial charge < -0.3 is 14.9 Å². The number of amides is 1. The molecule has 4 rings (SSSR count). The number of benzene rings is 2. The van der Waals surface area contributed by atoms with Gasteiger partial charge in [-0.25, -0.2) is 0 Å². The van der Waals surface area contributed by atoms with E-state index < -0.39 is 41.3 Å². The highest BCUT2D eigenvalue weighted by Crippen LogP contribution is 2.54. The molecule has 0 radical (unpaired) electrons. The summed E-state index contributed by atoms with van der Waals surface area (Å²) in [4.78, 5) is 16.9. The summed E-state index contributed by atoms with van der Waals surface area (Å²) in [7, 11) is 0. The number of aryl methyl sites for hydroxylation is 1. The molecule has 3 aromatic rings. The second kappa shape index (κ2) is 8.91. The lowest BCUT2D eigenvalue weighted by Crippen LogP contribution is -2.59. The van der Waals surface area contributed by atoms with Crippen LogP contribution >= 0.6 is 0 Å². The highest BCUT2D eigenvalue weighted by Gasteiger charge is 2.64. The normalized spacial score (nSPS) is 17.2. The van der Waals surface area contributed by atoms with Crippen LogP contribution in [0, 0.1) is 6.92 Å². The molecule has 2 N–H and O–H groups in total. The number of alkyl halides is 6. The van der Waals surface area contributed by atoms with Gasteiger partial charge in [0.05, 0.1) is 5.56 Å². The minimum Gasteiger partial charge on any atom is -0.373 e. The van der Waals surface area contributed by atoms with Gasteiger partial charge in [-0.05, 0) is 55.0 Å². The average Bonchev–Trinajstić information content (AvgIpc) is 3.21. The van der Waals surface area contributed by atoms with Crippen LogP contribution in [0.2, 0.25) is 0 Å². The SMILES string of the molecule is Cc1noc(-c2cccc(NC(=O)C(O)(CC3(c4ccccc4C(F)(F)F)CCC3)C(F)(F)F)c2)n1. The molecular weight excluding hydrogens is 492 g/mol. The number of hydrogen-bond acceptors (Lipinski definition) is 5. The van der Waals surface area contributed by atoms with Gasteiger partial charge in [-0.1, -0.05) is 35.8 Å². The summed E-state index contributed by atoms with van der Waals surface area (Å²) in [6, 6.07) is 9.83. The van der Waals surface area contributed by atoms with Gasteiger partial charge in [-0.3, -0.25) is 4.79 Å².